The van der Waals surface area contributed by atoms with Gasteiger partial charge in [0.25, 0.3) is 0 Å². The molecule has 1 unspecified atom stereocenters. The van der Waals surface area contributed by atoms with Crippen LogP contribution >= 0.6 is 34.8 Å². The van der Waals surface area contributed by atoms with Crippen molar-refractivity contribution in [3.8, 4) is 0 Å². The van der Waals surface area contributed by atoms with E-state index in [1.165, 1.54) is 23.1 Å². The van der Waals surface area contributed by atoms with Crippen LogP contribution in [0.2, 0.25) is 15.1 Å². The number of carbonyl (C=O) groups is 2. The maximum absolute atomic E-state index is 14.0. The first-order chi connectivity index (χ1) is 19.0. The summed E-state index contributed by atoms with van der Waals surface area (Å²) in [5.74, 6) is -0.916. The molecule has 0 radical (unpaired) electrons. The van der Waals surface area contributed by atoms with Crippen molar-refractivity contribution in [2.45, 2.75) is 38.8 Å². The number of nitrogens with one attached hydrogen (secondary N) is 1. The molecule has 0 bridgehead atoms. The van der Waals surface area contributed by atoms with E-state index in [-0.39, 0.29) is 34.6 Å². The molecule has 2 amide bonds. The molecule has 1 N–H and O–H groups in total. The van der Waals surface area contributed by atoms with Gasteiger partial charge in [-0.1, -0.05) is 96.7 Å². The fourth-order valence-electron chi connectivity index (χ4n) is 4.12. The summed E-state index contributed by atoms with van der Waals surface area (Å²) in [6.07, 6.45) is 2.89. The summed E-state index contributed by atoms with van der Waals surface area (Å²) < 4.78 is 26.6. The molecule has 0 aliphatic carbocycles. The number of carbonyl (C=O) groups excluding carboxylic acids is 2. The lowest BCUT2D eigenvalue weighted by atomic mass is 10.0. The molecule has 214 valence electrons. The third-order valence-electron chi connectivity index (χ3n) is 6.27. The Hall–Kier alpha value is -2.78. The maximum atomic E-state index is 14.0. The van der Waals surface area contributed by atoms with Gasteiger partial charge in [0.2, 0.25) is 21.8 Å². The van der Waals surface area contributed by atoms with Crippen molar-refractivity contribution in [3.05, 3.63) is 99.0 Å². The SMILES string of the molecule is CCCCNC(=O)C(Cc1ccccc1)N(Cc1ccccc1Cl)C(=O)CN(c1ccc(Cl)c(Cl)c1)S(C)(=O)=O. The Kier molecular flexibility index (Phi) is 11.7. The van der Waals surface area contributed by atoms with Crippen molar-refractivity contribution in [3.63, 3.8) is 0 Å². The van der Waals surface area contributed by atoms with E-state index in [1.54, 1.807) is 24.3 Å². The monoisotopic (exact) mass is 623 g/mol. The molecule has 0 aromatic heterocycles. The van der Waals surface area contributed by atoms with E-state index in [2.05, 4.69) is 5.32 Å². The van der Waals surface area contributed by atoms with Gasteiger partial charge in [0.15, 0.2) is 0 Å². The van der Waals surface area contributed by atoms with Gasteiger partial charge in [0, 0.05) is 24.5 Å². The highest BCUT2D eigenvalue weighted by Crippen LogP contribution is 2.29. The number of nitrogens with zero attached hydrogens (tertiary/aromatic N) is 2. The highest BCUT2D eigenvalue weighted by atomic mass is 35.5. The third kappa shape index (κ3) is 8.86. The number of hydrogen-bond donors (Lipinski definition) is 1. The van der Waals surface area contributed by atoms with Gasteiger partial charge >= 0.3 is 0 Å². The third-order valence-corrected chi connectivity index (χ3v) is 8.52. The quantitative estimate of drug-likeness (QED) is 0.238. The van der Waals surface area contributed by atoms with Crippen molar-refractivity contribution < 1.29 is 18.0 Å². The predicted octanol–water partition coefficient (Wildman–Crippen LogP) is 5.97. The summed E-state index contributed by atoms with van der Waals surface area (Å²) in [6.45, 7) is 1.90. The number of rotatable bonds is 13. The molecular weight excluding hydrogens is 593 g/mol. The number of benzene rings is 3. The highest BCUT2D eigenvalue weighted by molar-refractivity contribution is 7.92. The van der Waals surface area contributed by atoms with E-state index in [1.807, 2.05) is 37.3 Å². The molecule has 7 nitrogen and oxygen atoms in total. The Morgan fingerprint density at radius 3 is 2.20 bits per heavy atom. The van der Waals surface area contributed by atoms with Crippen molar-refractivity contribution in [1.82, 2.24) is 10.2 Å². The predicted molar refractivity (Wildman–Crippen MR) is 163 cm³/mol. The van der Waals surface area contributed by atoms with E-state index in [0.717, 1.165) is 29.0 Å². The van der Waals surface area contributed by atoms with Crippen molar-refractivity contribution in [2.24, 2.45) is 0 Å². The first-order valence-corrected chi connectivity index (χ1v) is 15.8. The number of halogens is 3. The molecule has 0 aliphatic rings. The summed E-state index contributed by atoms with van der Waals surface area (Å²) in [5.41, 5.74) is 1.65. The van der Waals surface area contributed by atoms with Gasteiger partial charge in [0.05, 0.1) is 22.0 Å². The normalized spacial score (nSPS) is 12.0. The van der Waals surface area contributed by atoms with Crippen molar-refractivity contribution >= 4 is 62.3 Å². The van der Waals surface area contributed by atoms with Gasteiger partial charge in [-0.05, 0) is 41.8 Å². The molecule has 40 heavy (non-hydrogen) atoms. The average molecular weight is 625 g/mol. The fourth-order valence-corrected chi connectivity index (χ4v) is 5.45. The van der Waals surface area contributed by atoms with Crippen LogP contribution in [0.1, 0.15) is 30.9 Å². The van der Waals surface area contributed by atoms with Crippen LogP contribution in [0, 0.1) is 0 Å². The molecule has 3 rings (SSSR count). The lowest BCUT2D eigenvalue weighted by molar-refractivity contribution is -0.140. The molecule has 11 heteroatoms. The first kappa shape index (κ1) is 31.7. The summed E-state index contributed by atoms with van der Waals surface area (Å²) in [4.78, 5) is 29.0. The minimum atomic E-state index is -3.92. The van der Waals surface area contributed by atoms with Crippen LogP contribution in [-0.2, 0) is 32.6 Å². The molecule has 0 saturated heterocycles. The van der Waals surface area contributed by atoms with E-state index < -0.39 is 28.5 Å². The second-order valence-electron chi connectivity index (χ2n) is 9.33. The van der Waals surface area contributed by atoms with Crippen LogP contribution in [0.3, 0.4) is 0 Å². The van der Waals surface area contributed by atoms with E-state index in [0.29, 0.717) is 17.1 Å². The van der Waals surface area contributed by atoms with Crippen LogP contribution < -0.4 is 9.62 Å². The smallest absolute Gasteiger partial charge is 0.244 e. The average Bonchev–Trinajstić information content (AvgIpc) is 2.91. The lowest BCUT2D eigenvalue weighted by Crippen LogP contribution is -2.53. The second-order valence-corrected chi connectivity index (χ2v) is 12.5. The largest absolute Gasteiger partial charge is 0.354 e. The highest BCUT2D eigenvalue weighted by Gasteiger charge is 2.33. The van der Waals surface area contributed by atoms with E-state index in [9.17, 15) is 18.0 Å². The number of hydrogen-bond acceptors (Lipinski definition) is 4. The van der Waals surface area contributed by atoms with E-state index in [4.69, 9.17) is 34.8 Å². The minimum absolute atomic E-state index is 0.00379. The summed E-state index contributed by atoms with van der Waals surface area (Å²) in [7, 11) is -3.92. The zero-order valence-electron chi connectivity index (χ0n) is 22.3. The molecule has 0 saturated carbocycles. The Balaban J connectivity index is 2.05. The van der Waals surface area contributed by atoms with Gasteiger partial charge in [-0.2, -0.15) is 0 Å². The zero-order chi connectivity index (χ0) is 29.3. The topological polar surface area (TPSA) is 86.8 Å². The maximum Gasteiger partial charge on any atom is 0.244 e. The molecule has 3 aromatic carbocycles. The molecule has 0 spiro atoms. The minimum Gasteiger partial charge on any atom is -0.354 e. The Bertz CT molecular complexity index is 1420. The second kappa shape index (κ2) is 14.7. The van der Waals surface area contributed by atoms with Crippen LogP contribution in [-0.4, -0.2) is 50.5 Å². The number of anilines is 1. The Morgan fingerprint density at radius 1 is 0.900 bits per heavy atom. The zero-order valence-corrected chi connectivity index (χ0v) is 25.4. The summed E-state index contributed by atoms with van der Waals surface area (Å²) >= 11 is 18.6. The van der Waals surface area contributed by atoms with Gasteiger partial charge in [-0.15, -0.1) is 0 Å². The van der Waals surface area contributed by atoms with Gasteiger partial charge in [-0.25, -0.2) is 8.42 Å². The van der Waals surface area contributed by atoms with Crippen molar-refractivity contribution in [2.75, 3.05) is 23.7 Å². The van der Waals surface area contributed by atoms with E-state index >= 15 is 0 Å². The first-order valence-electron chi connectivity index (χ1n) is 12.8. The molecule has 1 atom stereocenters. The van der Waals surface area contributed by atoms with Gasteiger partial charge in [0.1, 0.15) is 12.6 Å². The standard InChI is InChI=1S/C29H32Cl3N3O4S/c1-3-4-16-33-29(37)27(17-21-10-6-5-7-11-21)34(19-22-12-8-9-13-24(22)30)28(36)20-35(40(2,38)39)23-14-15-25(31)26(32)18-23/h5-15,18,27H,3-4,16-17,19-20H2,1-2H3,(H,33,37). The molecule has 0 heterocycles. The molecular formula is C29H32Cl3N3O4S. The fraction of sp³-hybridized carbons (Fsp3) is 0.310. The van der Waals surface area contributed by atoms with Gasteiger partial charge < -0.3 is 10.2 Å². The van der Waals surface area contributed by atoms with Crippen LogP contribution in [0.15, 0.2) is 72.8 Å². The van der Waals surface area contributed by atoms with Crippen LogP contribution in [0.5, 0.6) is 0 Å². The van der Waals surface area contributed by atoms with Gasteiger partial charge in [-0.3, -0.25) is 13.9 Å². The summed E-state index contributed by atoms with van der Waals surface area (Å²) in [5, 5.41) is 3.76. The Labute approximate surface area is 251 Å². The molecule has 0 aliphatic heterocycles. The van der Waals surface area contributed by atoms with Crippen LogP contribution in [0.4, 0.5) is 5.69 Å². The molecule has 0 fully saturated rings. The Morgan fingerprint density at radius 2 is 1.57 bits per heavy atom. The number of unbranched alkanes of at least 4 members (excludes halogenated alkanes) is 1. The van der Waals surface area contributed by atoms with Crippen molar-refractivity contribution in [1.29, 1.82) is 0 Å². The number of sulfonamides is 1. The molecule has 3 aromatic rings. The lowest BCUT2D eigenvalue weighted by Gasteiger charge is -2.33. The van der Waals surface area contributed by atoms with Crippen LogP contribution in [0.25, 0.3) is 0 Å². The summed E-state index contributed by atoms with van der Waals surface area (Å²) in [6, 6.07) is 19.8. The number of amides is 2.